The molecule has 4 nitrogen and oxygen atoms in total. The molecular weight excluding hydrogens is 292 g/mol. The summed E-state index contributed by atoms with van der Waals surface area (Å²) in [4.78, 5) is 25.3. The lowest BCUT2D eigenvalue weighted by Gasteiger charge is -2.60. The molecule has 0 aromatic heterocycles. The first kappa shape index (κ1) is 15.8. The molecule has 0 aliphatic heterocycles. The van der Waals surface area contributed by atoms with Crippen LogP contribution in [0, 0.1) is 34.5 Å². The zero-order chi connectivity index (χ0) is 16.4. The Balaban J connectivity index is 1.76. The van der Waals surface area contributed by atoms with Gasteiger partial charge in [-0.15, -0.1) is 0 Å². The smallest absolute Gasteiger partial charge is 0.142 e. The lowest BCUT2D eigenvalue weighted by atomic mass is 9.44. The maximum atomic E-state index is 12.9. The third-order valence-corrected chi connectivity index (χ3v) is 8.15. The van der Waals surface area contributed by atoms with Crippen LogP contribution in [0.3, 0.4) is 0 Å². The molecule has 128 valence electrons. The van der Waals surface area contributed by atoms with E-state index < -0.39 is 11.5 Å². The van der Waals surface area contributed by atoms with E-state index in [0.717, 1.165) is 32.1 Å². The molecule has 0 aromatic rings. The summed E-state index contributed by atoms with van der Waals surface area (Å²) in [5.41, 5.74) is -1.00. The summed E-state index contributed by atoms with van der Waals surface area (Å²) in [7, 11) is 0. The van der Waals surface area contributed by atoms with Crippen LogP contribution in [0.2, 0.25) is 0 Å². The van der Waals surface area contributed by atoms with Crippen molar-refractivity contribution < 1.29 is 19.8 Å². The van der Waals surface area contributed by atoms with Crippen molar-refractivity contribution in [1.29, 1.82) is 0 Å². The average molecular weight is 320 g/mol. The van der Waals surface area contributed by atoms with Gasteiger partial charge in [0.2, 0.25) is 0 Å². The highest BCUT2D eigenvalue weighted by Crippen LogP contribution is 2.64. The molecule has 0 unspecified atom stereocenters. The number of Topliss-reactive ketones (excluding diaryl/α,β-unsaturated/α-hetero) is 2. The number of carbonyl (C=O) groups is 2. The molecule has 0 heterocycles. The van der Waals surface area contributed by atoms with Crippen molar-refractivity contribution in [2.24, 2.45) is 34.5 Å². The van der Waals surface area contributed by atoms with Crippen molar-refractivity contribution in [3.05, 3.63) is 0 Å². The predicted molar refractivity (Wildman–Crippen MR) is 84.5 cm³/mol. The number of rotatable bonds is 1. The van der Waals surface area contributed by atoms with Crippen LogP contribution in [0.25, 0.3) is 0 Å². The Bertz CT molecular complexity index is 543. The Morgan fingerprint density at radius 2 is 1.83 bits per heavy atom. The maximum Gasteiger partial charge on any atom is 0.142 e. The van der Waals surface area contributed by atoms with E-state index in [4.69, 9.17) is 0 Å². The third kappa shape index (κ3) is 1.85. The highest BCUT2D eigenvalue weighted by atomic mass is 16.3. The SMILES string of the molecule is C[C@]12CC[C@@H]3[C@H](C[C@H](O)[C@H]4CCCC(=O)[C@]34CO)[C@H]1CCC2=O. The van der Waals surface area contributed by atoms with E-state index in [-0.39, 0.29) is 41.5 Å². The van der Waals surface area contributed by atoms with Crippen LogP contribution in [0.5, 0.6) is 0 Å². The summed E-state index contributed by atoms with van der Waals surface area (Å²) in [5.74, 6) is 1.08. The molecule has 4 aliphatic carbocycles. The van der Waals surface area contributed by atoms with Crippen molar-refractivity contribution in [2.75, 3.05) is 6.61 Å². The van der Waals surface area contributed by atoms with Gasteiger partial charge in [0.1, 0.15) is 11.6 Å². The molecule has 4 heteroatoms. The van der Waals surface area contributed by atoms with Gasteiger partial charge in [-0.3, -0.25) is 9.59 Å². The maximum absolute atomic E-state index is 12.9. The van der Waals surface area contributed by atoms with E-state index >= 15 is 0 Å². The summed E-state index contributed by atoms with van der Waals surface area (Å²) in [6.45, 7) is 1.96. The van der Waals surface area contributed by atoms with Gasteiger partial charge in [0, 0.05) is 18.3 Å². The number of hydrogen-bond acceptors (Lipinski definition) is 4. The normalized spacial score (nSPS) is 52.7. The van der Waals surface area contributed by atoms with E-state index in [2.05, 4.69) is 6.92 Å². The Labute approximate surface area is 137 Å². The van der Waals surface area contributed by atoms with Gasteiger partial charge in [0.25, 0.3) is 0 Å². The minimum atomic E-state index is -0.743. The summed E-state index contributed by atoms with van der Waals surface area (Å²) in [6.07, 6.45) is 5.63. The van der Waals surface area contributed by atoms with Crippen LogP contribution in [0.15, 0.2) is 0 Å². The number of ketones is 2. The van der Waals surface area contributed by atoms with Crippen molar-refractivity contribution in [1.82, 2.24) is 0 Å². The summed E-state index contributed by atoms with van der Waals surface area (Å²) < 4.78 is 0. The monoisotopic (exact) mass is 320 g/mol. The highest BCUT2D eigenvalue weighted by Gasteiger charge is 2.65. The van der Waals surface area contributed by atoms with Crippen molar-refractivity contribution in [2.45, 2.75) is 64.4 Å². The second kappa shape index (κ2) is 5.13. The molecule has 0 radical (unpaired) electrons. The quantitative estimate of drug-likeness (QED) is 0.776. The Morgan fingerprint density at radius 3 is 2.57 bits per heavy atom. The van der Waals surface area contributed by atoms with E-state index in [9.17, 15) is 19.8 Å². The summed E-state index contributed by atoms with van der Waals surface area (Å²) in [5, 5.41) is 21.0. The number of fused-ring (bicyclic) bond motifs is 5. The van der Waals surface area contributed by atoms with Gasteiger partial charge in [0.05, 0.1) is 18.1 Å². The molecule has 7 atom stereocenters. The first-order valence-corrected chi connectivity index (χ1v) is 9.30. The van der Waals surface area contributed by atoms with Gasteiger partial charge in [-0.1, -0.05) is 6.92 Å². The van der Waals surface area contributed by atoms with Crippen LogP contribution >= 0.6 is 0 Å². The fourth-order valence-electron chi connectivity index (χ4n) is 6.99. The molecular formula is C19H28O4. The van der Waals surface area contributed by atoms with E-state index in [0.29, 0.717) is 25.0 Å². The lowest BCUT2D eigenvalue weighted by molar-refractivity contribution is -0.185. The number of aliphatic hydroxyl groups is 2. The van der Waals surface area contributed by atoms with Crippen molar-refractivity contribution >= 4 is 11.6 Å². The summed E-state index contributed by atoms with van der Waals surface area (Å²) in [6, 6.07) is 0. The standard InChI is InChI=1S/C19H28O4/c1-18-8-7-13-11(12(18)5-6-16(18)22)9-15(21)14-3-2-4-17(23)19(13,14)10-20/h11-15,20-21H,2-10H2,1H3/t11-,12-,13-,14-,15+,18+,19-/m1/s1. The van der Waals surface area contributed by atoms with Crippen molar-refractivity contribution in [3.8, 4) is 0 Å². The van der Waals surface area contributed by atoms with Crippen molar-refractivity contribution in [3.63, 3.8) is 0 Å². The second-order valence-electron chi connectivity index (χ2n) is 8.72. The number of hydrogen-bond donors (Lipinski definition) is 2. The third-order valence-electron chi connectivity index (χ3n) is 8.15. The van der Waals surface area contributed by atoms with Gasteiger partial charge in [-0.2, -0.15) is 0 Å². The first-order chi connectivity index (χ1) is 10.9. The summed E-state index contributed by atoms with van der Waals surface area (Å²) >= 11 is 0. The minimum absolute atomic E-state index is 0.0866. The Hall–Kier alpha value is -0.740. The van der Waals surface area contributed by atoms with Crippen LogP contribution < -0.4 is 0 Å². The van der Waals surface area contributed by atoms with Gasteiger partial charge >= 0.3 is 0 Å². The van der Waals surface area contributed by atoms with E-state index in [1.165, 1.54) is 0 Å². The average Bonchev–Trinajstić information content (AvgIpc) is 2.84. The van der Waals surface area contributed by atoms with Crippen LogP contribution in [-0.4, -0.2) is 34.5 Å². The highest BCUT2D eigenvalue weighted by molar-refractivity contribution is 5.88. The van der Waals surface area contributed by atoms with E-state index in [1.807, 2.05) is 0 Å². The molecule has 0 amide bonds. The number of carbonyl (C=O) groups excluding carboxylic acids is 2. The topological polar surface area (TPSA) is 74.6 Å². The molecule has 0 saturated heterocycles. The van der Waals surface area contributed by atoms with Gasteiger partial charge < -0.3 is 10.2 Å². The van der Waals surface area contributed by atoms with Gasteiger partial charge in [-0.25, -0.2) is 0 Å². The second-order valence-corrected chi connectivity index (χ2v) is 8.72. The molecule has 2 N–H and O–H groups in total. The van der Waals surface area contributed by atoms with Gasteiger partial charge in [0.15, 0.2) is 0 Å². The molecule has 4 saturated carbocycles. The van der Waals surface area contributed by atoms with Crippen LogP contribution in [-0.2, 0) is 9.59 Å². The van der Waals surface area contributed by atoms with E-state index in [1.54, 1.807) is 0 Å². The first-order valence-electron chi connectivity index (χ1n) is 9.30. The largest absolute Gasteiger partial charge is 0.395 e. The molecule has 23 heavy (non-hydrogen) atoms. The zero-order valence-corrected chi connectivity index (χ0v) is 14.0. The zero-order valence-electron chi connectivity index (χ0n) is 14.0. The van der Waals surface area contributed by atoms with Crippen LogP contribution in [0.4, 0.5) is 0 Å². The minimum Gasteiger partial charge on any atom is -0.395 e. The molecule has 0 aromatic carbocycles. The van der Waals surface area contributed by atoms with Crippen LogP contribution in [0.1, 0.15) is 58.3 Å². The fourth-order valence-corrected chi connectivity index (χ4v) is 6.99. The molecule has 0 bridgehead atoms. The molecule has 4 fully saturated rings. The molecule has 0 spiro atoms. The fraction of sp³-hybridized carbons (Fsp3) is 0.895. The van der Waals surface area contributed by atoms with Gasteiger partial charge in [-0.05, 0) is 62.2 Å². The lowest BCUT2D eigenvalue weighted by Crippen LogP contribution is -2.62. The Morgan fingerprint density at radius 1 is 1.04 bits per heavy atom. The number of aliphatic hydroxyl groups excluding tert-OH is 2. The predicted octanol–water partition coefficient (Wildman–Crippen LogP) is 2.11. The molecule has 4 rings (SSSR count). The Kier molecular flexibility index (Phi) is 3.51. The molecule has 4 aliphatic rings.